The van der Waals surface area contributed by atoms with E-state index in [1.165, 1.54) is 0 Å². The van der Waals surface area contributed by atoms with Crippen LogP contribution in [-0.4, -0.2) is 17.6 Å². The fourth-order valence-electron chi connectivity index (χ4n) is 1.69. The summed E-state index contributed by atoms with van der Waals surface area (Å²) >= 11 is 0. The molecule has 1 aromatic carbocycles. The van der Waals surface area contributed by atoms with Crippen molar-refractivity contribution in [1.82, 2.24) is 5.32 Å². The first kappa shape index (κ1) is 12.7. The monoisotopic (exact) mass is 221 g/mol. The molecule has 1 rings (SSSR count). The van der Waals surface area contributed by atoms with E-state index in [4.69, 9.17) is 0 Å². The smallest absolute Gasteiger partial charge is 0.325 e. The minimum atomic E-state index is -0.817. The van der Waals surface area contributed by atoms with Crippen molar-refractivity contribution >= 4 is 5.97 Å². The molecule has 3 heteroatoms. The highest BCUT2D eigenvalue weighted by molar-refractivity contribution is 5.76. The maximum atomic E-state index is 11.2. The second kappa shape index (κ2) is 5.66. The Balaban J connectivity index is 3.00. The van der Waals surface area contributed by atoms with Gasteiger partial charge >= 0.3 is 5.97 Å². The van der Waals surface area contributed by atoms with Crippen LogP contribution in [-0.2, 0) is 4.79 Å². The summed E-state index contributed by atoms with van der Waals surface area (Å²) in [5.41, 5.74) is 2.97. The molecule has 3 nitrogen and oxygen atoms in total. The van der Waals surface area contributed by atoms with Gasteiger partial charge in [0.1, 0.15) is 6.04 Å². The lowest BCUT2D eigenvalue weighted by Gasteiger charge is -2.17. The Morgan fingerprint density at radius 3 is 2.69 bits per heavy atom. The van der Waals surface area contributed by atoms with Gasteiger partial charge in [-0.3, -0.25) is 4.79 Å². The van der Waals surface area contributed by atoms with Crippen LogP contribution in [0.1, 0.15) is 36.1 Å². The van der Waals surface area contributed by atoms with E-state index in [1.54, 1.807) is 0 Å². The lowest BCUT2D eigenvalue weighted by Crippen LogP contribution is -2.29. The largest absolute Gasteiger partial charge is 0.480 e. The van der Waals surface area contributed by atoms with E-state index in [1.807, 2.05) is 39.0 Å². The van der Waals surface area contributed by atoms with E-state index < -0.39 is 12.0 Å². The molecule has 0 aromatic heterocycles. The topological polar surface area (TPSA) is 49.3 Å². The molecule has 1 atom stereocenters. The summed E-state index contributed by atoms with van der Waals surface area (Å²) in [5, 5.41) is 12.3. The molecule has 0 radical (unpaired) electrons. The van der Waals surface area contributed by atoms with Crippen LogP contribution in [0.3, 0.4) is 0 Å². The van der Waals surface area contributed by atoms with Gasteiger partial charge in [-0.2, -0.15) is 0 Å². The molecule has 0 heterocycles. The van der Waals surface area contributed by atoms with Crippen LogP contribution < -0.4 is 5.32 Å². The molecule has 0 aliphatic rings. The number of nitrogens with one attached hydrogen (secondary N) is 1. The molecule has 0 amide bonds. The van der Waals surface area contributed by atoms with Crippen molar-refractivity contribution in [2.24, 2.45) is 0 Å². The fourth-order valence-corrected chi connectivity index (χ4v) is 1.69. The number of benzene rings is 1. The first-order chi connectivity index (χ1) is 7.56. The summed E-state index contributed by atoms with van der Waals surface area (Å²) in [5.74, 6) is -0.817. The van der Waals surface area contributed by atoms with Gasteiger partial charge in [0.15, 0.2) is 0 Å². The van der Waals surface area contributed by atoms with E-state index in [0.717, 1.165) is 23.1 Å². The lowest BCUT2D eigenvalue weighted by molar-refractivity contribution is -0.139. The molecule has 1 unspecified atom stereocenters. The number of hydrogen-bond acceptors (Lipinski definition) is 2. The summed E-state index contributed by atoms with van der Waals surface area (Å²) in [6, 6.07) is 5.31. The quantitative estimate of drug-likeness (QED) is 0.802. The molecule has 0 fully saturated rings. The molecule has 16 heavy (non-hydrogen) atoms. The van der Waals surface area contributed by atoms with Gasteiger partial charge in [-0.05, 0) is 37.9 Å². The van der Waals surface area contributed by atoms with E-state index in [9.17, 15) is 9.90 Å². The first-order valence-corrected chi connectivity index (χ1v) is 5.59. The summed E-state index contributed by atoms with van der Waals surface area (Å²) in [4.78, 5) is 11.2. The molecule has 0 saturated heterocycles. The van der Waals surface area contributed by atoms with Gasteiger partial charge in [0.25, 0.3) is 0 Å². The van der Waals surface area contributed by atoms with Gasteiger partial charge in [-0.25, -0.2) is 0 Å². The Bertz CT molecular complexity index is 374. The van der Waals surface area contributed by atoms with Gasteiger partial charge in [0.2, 0.25) is 0 Å². The molecular formula is C13H19NO2. The number of aryl methyl sites for hydroxylation is 2. The molecule has 1 aromatic rings. The van der Waals surface area contributed by atoms with Gasteiger partial charge in [0.05, 0.1) is 0 Å². The summed E-state index contributed by atoms with van der Waals surface area (Å²) in [6.45, 7) is 6.65. The molecule has 0 aliphatic heterocycles. The summed E-state index contributed by atoms with van der Waals surface area (Å²) < 4.78 is 0. The third-order valence-electron chi connectivity index (χ3n) is 2.59. The second-order valence-corrected chi connectivity index (χ2v) is 4.09. The Hall–Kier alpha value is -1.35. The predicted octanol–water partition coefficient (Wildman–Crippen LogP) is 2.43. The lowest BCUT2D eigenvalue weighted by atomic mass is 9.99. The van der Waals surface area contributed by atoms with Gasteiger partial charge in [-0.1, -0.05) is 30.7 Å². The van der Waals surface area contributed by atoms with Crippen molar-refractivity contribution in [3.8, 4) is 0 Å². The standard InChI is InChI=1S/C13H19NO2/c1-4-7-14-12(13(15)16)11-8-9(2)5-6-10(11)3/h5-6,8,12,14H,4,7H2,1-3H3,(H,15,16). The maximum absolute atomic E-state index is 11.2. The van der Waals surface area contributed by atoms with Gasteiger partial charge in [0, 0.05) is 0 Å². The van der Waals surface area contributed by atoms with E-state index in [-0.39, 0.29) is 0 Å². The van der Waals surface area contributed by atoms with Crippen LogP contribution in [0.25, 0.3) is 0 Å². The zero-order valence-electron chi connectivity index (χ0n) is 10.1. The molecule has 0 aliphatic carbocycles. The third-order valence-corrected chi connectivity index (χ3v) is 2.59. The number of aliphatic carboxylic acids is 1. The Labute approximate surface area is 96.5 Å². The van der Waals surface area contributed by atoms with Crippen molar-refractivity contribution < 1.29 is 9.90 Å². The Kier molecular flexibility index (Phi) is 4.50. The Morgan fingerprint density at radius 1 is 1.44 bits per heavy atom. The van der Waals surface area contributed by atoms with Crippen molar-refractivity contribution in [2.75, 3.05) is 6.54 Å². The van der Waals surface area contributed by atoms with Crippen LogP contribution in [0.5, 0.6) is 0 Å². The second-order valence-electron chi connectivity index (χ2n) is 4.09. The normalized spacial score (nSPS) is 12.4. The van der Waals surface area contributed by atoms with Crippen molar-refractivity contribution in [2.45, 2.75) is 33.2 Å². The minimum absolute atomic E-state index is 0.597. The number of hydrogen-bond donors (Lipinski definition) is 2. The predicted molar refractivity (Wildman–Crippen MR) is 64.6 cm³/mol. The van der Waals surface area contributed by atoms with E-state index >= 15 is 0 Å². The van der Waals surface area contributed by atoms with Crippen LogP contribution >= 0.6 is 0 Å². The molecule has 0 saturated carbocycles. The third kappa shape index (κ3) is 3.07. The Morgan fingerprint density at radius 2 is 2.12 bits per heavy atom. The molecular weight excluding hydrogens is 202 g/mol. The van der Waals surface area contributed by atoms with Crippen molar-refractivity contribution in [1.29, 1.82) is 0 Å². The molecule has 0 bridgehead atoms. The van der Waals surface area contributed by atoms with Crippen molar-refractivity contribution in [3.05, 3.63) is 34.9 Å². The number of rotatable bonds is 5. The minimum Gasteiger partial charge on any atom is -0.480 e. The first-order valence-electron chi connectivity index (χ1n) is 5.59. The highest BCUT2D eigenvalue weighted by Gasteiger charge is 2.20. The van der Waals surface area contributed by atoms with Crippen molar-refractivity contribution in [3.63, 3.8) is 0 Å². The highest BCUT2D eigenvalue weighted by atomic mass is 16.4. The van der Waals surface area contributed by atoms with E-state index in [0.29, 0.717) is 6.54 Å². The van der Waals surface area contributed by atoms with Crippen LogP contribution in [0.4, 0.5) is 0 Å². The van der Waals surface area contributed by atoms with Crippen LogP contribution in [0.15, 0.2) is 18.2 Å². The number of carbonyl (C=O) groups is 1. The van der Waals surface area contributed by atoms with Crippen LogP contribution in [0, 0.1) is 13.8 Å². The molecule has 2 N–H and O–H groups in total. The van der Waals surface area contributed by atoms with Gasteiger partial charge < -0.3 is 10.4 Å². The average molecular weight is 221 g/mol. The van der Waals surface area contributed by atoms with Gasteiger partial charge in [-0.15, -0.1) is 0 Å². The van der Waals surface area contributed by atoms with Crippen LogP contribution in [0.2, 0.25) is 0 Å². The summed E-state index contributed by atoms with van der Waals surface area (Å²) in [6.07, 6.45) is 0.925. The zero-order valence-corrected chi connectivity index (χ0v) is 10.1. The summed E-state index contributed by atoms with van der Waals surface area (Å²) in [7, 11) is 0. The zero-order chi connectivity index (χ0) is 12.1. The SMILES string of the molecule is CCCNC(C(=O)O)c1cc(C)ccc1C. The highest BCUT2D eigenvalue weighted by Crippen LogP contribution is 2.19. The number of carboxylic acids is 1. The maximum Gasteiger partial charge on any atom is 0.325 e. The average Bonchev–Trinajstić information content (AvgIpc) is 2.23. The molecule has 88 valence electrons. The molecule has 0 spiro atoms. The van der Waals surface area contributed by atoms with E-state index in [2.05, 4.69) is 5.32 Å². The number of carboxylic acid groups (broad SMARTS) is 1. The fraction of sp³-hybridized carbons (Fsp3) is 0.462.